The van der Waals surface area contributed by atoms with E-state index >= 15 is 0 Å². The highest BCUT2D eigenvalue weighted by molar-refractivity contribution is 7.88. The van der Waals surface area contributed by atoms with Gasteiger partial charge in [-0.1, -0.05) is 12.1 Å². The molecule has 31 heavy (non-hydrogen) atoms. The number of rotatable bonds is 5. The molecule has 2 atom stereocenters. The lowest BCUT2D eigenvalue weighted by Gasteiger charge is -2.26. The molecule has 1 fully saturated rings. The van der Waals surface area contributed by atoms with Gasteiger partial charge in [-0.2, -0.15) is 5.10 Å². The van der Waals surface area contributed by atoms with E-state index < -0.39 is 10.0 Å². The second kappa shape index (κ2) is 8.51. The Hall–Kier alpha value is -2.59. The zero-order chi connectivity index (χ0) is 22.2. The van der Waals surface area contributed by atoms with Gasteiger partial charge in [0.15, 0.2) is 5.82 Å². The van der Waals surface area contributed by atoms with Crippen molar-refractivity contribution in [3.05, 3.63) is 41.1 Å². The number of aromatic amines is 1. The maximum atomic E-state index is 12.2. The molecule has 0 radical (unpaired) electrons. The van der Waals surface area contributed by atoms with Gasteiger partial charge in [-0.25, -0.2) is 17.5 Å². The van der Waals surface area contributed by atoms with Crippen molar-refractivity contribution in [2.24, 2.45) is 0 Å². The summed E-state index contributed by atoms with van der Waals surface area (Å²) in [6.07, 6.45) is 2.04. The summed E-state index contributed by atoms with van der Waals surface area (Å²) in [5.41, 5.74) is 3.64. The molecular formula is C21H29N5O4S. The number of amides is 1. The van der Waals surface area contributed by atoms with Crippen LogP contribution < -0.4 is 10.6 Å². The van der Waals surface area contributed by atoms with Crippen molar-refractivity contribution in [3.63, 3.8) is 0 Å². The molecule has 9 nitrogen and oxygen atoms in total. The topological polar surface area (TPSA) is 116 Å². The summed E-state index contributed by atoms with van der Waals surface area (Å²) in [4.78, 5) is 11.8. The highest BCUT2D eigenvalue weighted by Crippen LogP contribution is 2.37. The Morgan fingerprint density at radius 2 is 2.13 bits per heavy atom. The van der Waals surface area contributed by atoms with Crippen molar-refractivity contribution < 1.29 is 17.9 Å². The smallest absolute Gasteiger partial charge is 0.407 e. The number of nitrogens with one attached hydrogen (secondary N) is 3. The van der Waals surface area contributed by atoms with Crippen LogP contribution in [0.1, 0.15) is 55.8 Å². The number of alkyl carbamates (subject to hydrolysis) is 1. The normalized spacial score (nSPS) is 22.8. The SMILES string of the molecule is CC(C)NC(=O)O[C@@H]1CC[C@H](c2cc(Nc3cccc4c3CN(C)S(=O)(=O)C4)n[nH]2)C1. The highest BCUT2D eigenvalue weighted by Gasteiger charge is 2.31. The number of ether oxygens (including phenoxy) is 1. The molecule has 4 rings (SSSR count). The van der Waals surface area contributed by atoms with Crippen LogP contribution >= 0.6 is 0 Å². The molecule has 10 heteroatoms. The number of nitrogens with zero attached hydrogens (tertiary/aromatic N) is 2. The Balaban J connectivity index is 1.41. The van der Waals surface area contributed by atoms with Crippen molar-refractivity contribution in [1.82, 2.24) is 19.8 Å². The minimum atomic E-state index is -3.25. The lowest BCUT2D eigenvalue weighted by Crippen LogP contribution is -2.33. The highest BCUT2D eigenvalue weighted by atomic mass is 32.2. The Labute approximate surface area is 182 Å². The number of sulfonamides is 1. The third-order valence-electron chi connectivity index (χ3n) is 5.83. The lowest BCUT2D eigenvalue weighted by molar-refractivity contribution is 0.0981. The molecule has 2 aliphatic rings. The van der Waals surface area contributed by atoms with Crippen LogP contribution in [0, 0.1) is 0 Å². The summed E-state index contributed by atoms with van der Waals surface area (Å²) in [5, 5.41) is 13.6. The van der Waals surface area contributed by atoms with E-state index in [1.54, 1.807) is 7.05 Å². The molecule has 0 spiro atoms. The van der Waals surface area contributed by atoms with E-state index in [1.807, 2.05) is 38.1 Å². The quantitative estimate of drug-likeness (QED) is 0.648. The fourth-order valence-corrected chi connectivity index (χ4v) is 5.41. The summed E-state index contributed by atoms with van der Waals surface area (Å²) >= 11 is 0. The van der Waals surface area contributed by atoms with Gasteiger partial charge < -0.3 is 15.4 Å². The molecule has 168 valence electrons. The van der Waals surface area contributed by atoms with Gasteiger partial charge in [0.2, 0.25) is 10.0 Å². The molecule has 3 N–H and O–H groups in total. The first kappa shape index (κ1) is 21.6. The predicted molar refractivity (Wildman–Crippen MR) is 118 cm³/mol. The molecule has 1 amide bonds. The fourth-order valence-electron chi connectivity index (χ4n) is 4.20. The minimum Gasteiger partial charge on any atom is -0.446 e. The van der Waals surface area contributed by atoms with Gasteiger partial charge >= 0.3 is 6.09 Å². The first-order valence-corrected chi connectivity index (χ1v) is 12.2. The molecule has 1 aliphatic carbocycles. The van der Waals surface area contributed by atoms with Crippen LogP contribution in [-0.2, 0) is 27.1 Å². The van der Waals surface area contributed by atoms with Crippen LogP contribution in [0.3, 0.4) is 0 Å². The molecule has 0 unspecified atom stereocenters. The van der Waals surface area contributed by atoms with Crippen molar-refractivity contribution in [3.8, 4) is 0 Å². The summed E-state index contributed by atoms with van der Waals surface area (Å²) in [6, 6.07) is 7.68. The summed E-state index contributed by atoms with van der Waals surface area (Å²) in [6.45, 7) is 4.13. The predicted octanol–water partition coefficient (Wildman–Crippen LogP) is 3.20. The van der Waals surface area contributed by atoms with Gasteiger partial charge in [0.05, 0.1) is 5.75 Å². The molecule has 2 heterocycles. The van der Waals surface area contributed by atoms with Crippen molar-refractivity contribution in [2.45, 2.75) is 63.5 Å². The van der Waals surface area contributed by atoms with Crippen LogP contribution in [0.15, 0.2) is 24.3 Å². The Bertz CT molecular complexity index is 1070. The Morgan fingerprint density at radius 1 is 1.32 bits per heavy atom. The zero-order valence-electron chi connectivity index (χ0n) is 18.0. The number of H-pyrrole nitrogens is 1. The average molecular weight is 448 g/mol. The van der Waals surface area contributed by atoms with E-state index in [0.29, 0.717) is 12.4 Å². The second-order valence-electron chi connectivity index (χ2n) is 8.63. The molecule has 0 bridgehead atoms. The maximum Gasteiger partial charge on any atom is 0.407 e. The van der Waals surface area contributed by atoms with Crippen LogP contribution in [-0.4, -0.2) is 48.2 Å². The van der Waals surface area contributed by atoms with Crippen LogP contribution in [0.4, 0.5) is 16.3 Å². The fraction of sp³-hybridized carbons (Fsp3) is 0.524. The Kier molecular flexibility index (Phi) is 5.94. The number of carbonyl (C=O) groups excluding carboxylic acids is 1. The summed E-state index contributed by atoms with van der Waals surface area (Å²) < 4.78 is 31.2. The van der Waals surface area contributed by atoms with Gasteiger partial charge in [-0.3, -0.25) is 5.10 Å². The zero-order valence-corrected chi connectivity index (χ0v) is 18.8. The van der Waals surface area contributed by atoms with Gasteiger partial charge in [-0.15, -0.1) is 0 Å². The number of anilines is 2. The van der Waals surface area contributed by atoms with Gasteiger partial charge in [-0.05, 0) is 50.3 Å². The first-order chi connectivity index (χ1) is 14.7. The molecule has 1 saturated carbocycles. The van der Waals surface area contributed by atoms with E-state index in [0.717, 1.165) is 41.8 Å². The number of fused-ring (bicyclic) bond motifs is 1. The number of hydrogen-bond acceptors (Lipinski definition) is 6. The number of carbonyl (C=O) groups is 1. The average Bonchev–Trinajstić information content (AvgIpc) is 3.32. The van der Waals surface area contributed by atoms with E-state index in [9.17, 15) is 13.2 Å². The summed E-state index contributed by atoms with van der Waals surface area (Å²) in [5.74, 6) is 0.941. The maximum absolute atomic E-state index is 12.2. The molecule has 1 aromatic carbocycles. The van der Waals surface area contributed by atoms with Gasteiger partial charge in [0.25, 0.3) is 0 Å². The van der Waals surface area contributed by atoms with E-state index in [4.69, 9.17) is 4.74 Å². The van der Waals surface area contributed by atoms with Crippen molar-refractivity contribution in [2.75, 3.05) is 12.4 Å². The standard InChI is InChI=1S/C21H29N5O4S/c1-13(2)22-21(27)30-16-8-7-14(9-16)19-10-20(25-24-19)23-18-6-4-5-15-12-31(28,29)26(3)11-17(15)18/h4-6,10,13-14,16H,7-9,11-12H2,1-3H3,(H,22,27)(H2,23,24,25)/t14-,16+/m0/s1. The third kappa shape index (κ3) is 4.85. The monoisotopic (exact) mass is 447 g/mol. The summed E-state index contributed by atoms with van der Waals surface area (Å²) in [7, 11) is -1.65. The van der Waals surface area contributed by atoms with Crippen LogP contribution in [0.25, 0.3) is 0 Å². The molecule has 2 aromatic rings. The number of aromatic nitrogens is 2. The third-order valence-corrected chi connectivity index (χ3v) is 7.59. The number of benzene rings is 1. The van der Waals surface area contributed by atoms with E-state index in [-0.39, 0.29) is 29.9 Å². The molecule has 1 aromatic heterocycles. The number of hydrogen-bond donors (Lipinski definition) is 3. The Morgan fingerprint density at radius 3 is 2.90 bits per heavy atom. The van der Waals surface area contributed by atoms with Crippen LogP contribution in [0.2, 0.25) is 0 Å². The van der Waals surface area contributed by atoms with Crippen molar-refractivity contribution in [1.29, 1.82) is 0 Å². The van der Waals surface area contributed by atoms with E-state index in [1.165, 1.54) is 4.31 Å². The first-order valence-electron chi connectivity index (χ1n) is 10.6. The second-order valence-corrected chi connectivity index (χ2v) is 10.7. The largest absolute Gasteiger partial charge is 0.446 e. The van der Waals surface area contributed by atoms with Gasteiger partial charge in [0.1, 0.15) is 6.10 Å². The molecule has 0 saturated heterocycles. The van der Waals surface area contributed by atoms with Crippen LogP contribution in [0.5, 0.6) is 0 Å². The minimum absolute atomic E-state index is 0.00795. The molecular weight excluding hydrogens is 418 g/mol. The lowest BCUT2D eigenvalue weighted by atomic mass is 10.0. The van der Waals surface area contributed by atoms with E-state index in [2.05, 4.69) is 20.8 Å². The van der Waals surface area contributed by atoms with Gasteiger partial charge in [0, 0.05) is 43.0 Å². The molecule has 1 aliphatic heterocycles. The van der Waals surface area contributed by atoms with Crippen molar-refractivity contribution >= 4 is 27.6 Å².